The minimum absolute atomic E-state index is 0.0672. The lowest BCUT2D eigenvalue weighted by Gasteiger charge is -2.29. The first-order chi connectivity index (χ1) is 10.4. The van der Waals surface area contributed by atoms with Crippen LogP contribution in [-0.2, 0) is 10.3 Å². The lowest BCUT2D eigenvalue weighted by molar-refractivity contribution is 0.0248. The van der Waals surface area contributed by atoms with Crippen LogP contribution in [0.1, 0.15) is 33.9 Å². The number of benzene rings is 3. The van der Waals surface area contributed by atoms with E-state index < -0.39 is 5.60 Å². The van der Waals surface area contributed by atoms with Gasteiger partial charge in [0.2, 0.25) is 0 Å². The average Bonchev–Trinajstić information content (AvgIpc) is 3.10. The Morgan fingerprint density at radius 1 is 0.619 bits per heavy atom. The average molecular weight is 270 g/mol. The Hall–Kier alpha value is -2.38. The fourth-order valence-electron chi connectivity index (χ4n) is 3.89. The minimum Gasteiger partial charge on any atom is -0.348 e. The maximum absolute atomic E-state index is 6.59. The van der Waals surface area contributed by atoms with Crippen molar-refractivity contribution in [1.82, 2.24) is 0 Å². The Bertz CT molecular complexity index is 788. The van der Waals surface area contributed by atoms with Gasteiger partial charge in [-0.15, -0.1) is 0 Å². The summed E-state index contributed by atoms with van der Waals surface area (Å²) in [5, 5.41) is 0. The zero-order valence-electron chi connectivity index (χ0n) is 11.5. The molecule has 2 bridgehead atoms. The standard InChI is InChI=1S/C20H14O/c1-2-8-14(9-3-1)20-17-12-6-4-10-15(17)19(21-20)16-11-5-7-13-18(16)20/h1-13,19H. The highest BCUT2D eigenvalue weighted by Crippen LogP contribution is 2.60. The molecule has 0 saturated carbocycles. The summed E-state index contributed by atoms with van der Waals surface area (Å²) in [6.45, 7) is 0. The molecule has 0 radical (unpaired) electrons. The van der Waals surface area contributed by atoms with Gasteiger partial charge in [0.1, 0.15) is 11.7 Å². The molecule has 1 heteroatoms. The van der Waals surface area contributed by atoms with Crippen molar-refractivity contribution in [3.63, 3.8) is 0 Å². The molecule has 21 heavy (non-hydrogen) atoms. The number of hydrogen-bond acceptors (Lipinski definition) is 1. The zero-order chi connectivity index (χ0) is 13.9. The molecule has 0 amide bonds. The van der Waals surface area contributed by atoms with Crippen molar-refractivity contribution >= 4 is 0 Å². The predicted molar refractivity (Wildman–Crippen MR) is 82.1 cm³/mol. The van der Waals surface area contributed by atoms with Crippen LogP contribution in [0.25, 0.3) is 0 Å². The summed E-state index contributed by atoms with van der Waals surface area (Å²) in [7, 11) is 0. The lowest BCUT2D eigenvalue weighted by atomic mass is 9.74. The molecular weight excluding hydrogens is 256 g/mol. The molecule has 2 aliphatic rings. The fraction of sp³-hybridized carbons (Fsp3) is 0.100. The van der Waals surface area contributed by atoms with Crippen LogP contribution in [-0.4, -0.2) is 0 Å². The maximum atomic E-state index is 6.59. The number of rotatable bonds is 1. The van der Waals surface area contributed by atoms with Crippen LogP contribution < -0.4 is 0 Å². The van der Waals surface area contributed by atoms with Gasteiger partial charge in [-0.05, 0) is 27.8 Å². The summed E-state index contributed by atoms with van der Waals surface area (Å²) in [4.78, 5) is 0. The molecule has 0 N–H and O–H groups in total. The first-order valence-corrected chi connectivity index (χ1v) is 7.33. The SMILES string of the molecule is c1ccc(C23OC(c4ccccc42)c2ccccc23)cc1. The Morgan fingerprint density at radius 3 is 1.76 bits per heavy atom. The van der Waals surface area contributed by atoms with Crippen LogP contribution in [0.3, 0.4) is 0 Å². The van der Waals surface area contributed by atoms with Gasteiger partial charge in [-0.1, -0.05) is 78.9 Å². The summed E-state index contributed by atoms with van der Waals surface area (Å²) in [5.41, 5.74) is 5.98. The molecule has 0 fully saturated rings. The Kier molecular flexibility index (Phi) is 2.06. The monoisotopic (exact) mass is 270 g/mol. The van der Waals surface area contributed by atoms with Crippen molar-refractivity contribution < 1.29 is 4.74 Å². The van der Waals surface area contributed by atoms with E-state index >= 15 is 0 Å². The third-order valence-corrected chi connectivity index (χ3v) is 4.72. The highest BCUT2D eigenvalue weighted by Gasteiger charge is 2.54. The van der Waals surface area contributed by atoms with E-state index in [-0.39, 0.29) is 6.10 Å². The summed E-state index contributed by atoms with van der Waals surface area (Å²) in [6.07, 6.45) is 0.0672. The second-order valence-corrected chi connectivity index (χ2v) is 5.72. The number of hydrogen-bond donors (Lipinski definition) is 0. The summed E-state index contributed by atoms with van der Waals surface area (Å²) in [6, 6.07) is 27.8. The third-order valence-electron chi connectivity index (χ3n) is 4.72. The van der Waals surface area contributed by atoms with Crippen LogP contribution in [0.15, 0.2) is 78.9 Å². The predicted octanol–water partition coefficient (Wildman–Crippen LogP) is 4.41. The van der Waals surface area contributed by atoms with Gasteiger partial charge in [0, 0.05) is 0 Å². The van der Waals surface area contributed by atoms with Crippen molar-refractivity contribution in [2.75, 3.05) is 0 Å². The molecule has 0 aliphatic carbocycles. The van der Waals surface area contributed by atoms with Gasteiger partial charge < -0.3 is 4.74 Å². The van der Waals surface area contributed by atoms with Crippen molar-refractivity contribution in [3.05, 3.63) is 107 Å². The summed E-state index contributed by atoms with van der Waals surface area (Å²) < 4.78 is 6.59. The van der Waals surface area contributed by atoms with E-state index in [9.17, 15) is 0 Å². The lowest BCUT2D eigenvalue weighted by Crippen LogP contribution is -2.26. The molecule has 100 valence electrons. The fourth-order valence-corrected chi connectivity index (χ4v) is 3.89. The highest BCUT2D eigenvalue weighted by molar-refractivity contribution is 5.63. The molecule has 3 aromatic rings. The van der Waals surface area contributed by atoms with E-state index in [1.54, 1.807) is 0 Å². The smallest absolute Gasteiger partial charge is 0.145 e. The quantitative estimate of drug-likeness (QED) is 0.636. The third kappa shape index (κ3) is 1.25. The van der Waals surface area contributed by atoms with Crippen molar-refractivity contribution in [1.29, 1.82) is 0 Å². The highest BCUT2D eigenvalue weighted by atomic mass is 16.5. The van der Waals surface area contributed by atoms with Crippen LogP contribution in [0.4, 0.5) is 0 Å². The van der Waals surface area contributed by atoms with Gasteiger partial charge in [0.05, 0.1) is 0 Å². The number of ether oxygens (including phenoxy) is 1. The van der Waals surface area contributed by atoms with E-state index in [0.717, 1.165) is 0 Å². The van der Waals surface area contributed by atoms with E-state index in [1.807, 2.05) is 0 Å². The molecular formula is C20H14O. The van der Waals surface area contributed by atoms with E-state index in [2.05, 4.69) is 78.9 Å². The van der Waals surface area contributed by atoms with E-state index in [4.69, 9.17) is 4.74 Å². The second-order valence-electron chi connectivity index (χ2n) is 5.72. The van der Waals surface area contributed by atoms with Crippen LogP contribution in [0, 0.1) is 0 Å². The topological polar surface area (TPSA) is 9.23 Å². The van der Waals surface area contributed by atoms with Gasteiger partial charge >= 0.3 is 0 Å². The molecule has 0 spiro atoms. The van der Waals surface area contributed by atoms with E-state index in [1.165, 1.54) is 27.8 Å². The molecule has 3 aromatic carbocycles. The van der Waals surface area contributed by atoms with Crippen molar-refractivity contribution in [2.45, 2.75) is 11.7 Å². The van der Waals surface area contributed by atoms with Crippen LogP contribution in [0.2, 0.25) is 0 Å². The van der Waals surface area contributed by atoms with Gasteiger partial charge in [0.15, 0.2) is 0 Å². The first-order valence-electron chi connectivity index (χ1n) is 7.33. The van der Waals surface area contributed by atoms with Crippen LogP contribution in [0.5, 0.6) is 0 Å². The number of fused-ring (bicyclic) bond motifs is 8. The molecule has 0 saturated heterocycles. The van der Waals surface area contributed by atoms with Crippen molar-refractivity contribution in [3.8, 4) is 0 Å². The van der Waals surface area contributed by atoms with Crippen molar-refractivity contribution in [2.24, 2.45) is 0 Å². The van der Waals surface area contributed by atoms with Gasteiger partial charge in [0.25, 0.3) is 0 Å². The first kappa shape index (κ1) is 11.3. The van der Waals surface area contributed by atoms with Crippen LogP contribution >= 0.6 is 0 Å². The summed E-state index contributed by atoms with van der Waals surface area (Å²) >= 11 is 0. The zero-order valence-corrected chi connectivity index (χ0v) is 11.5. The molecule has 2 heterocycles. The Labute approximate surface area is 123 Å². The minimum atomic E-state index is -0.431. The maximum Gasteiger partial charge on any atom is 0.145 e. The van der Waals surface area contributed by atoms with Gasteiger partial charge in [-0.25, -0.2) is 0 Å². The largest absolute Gasteiger partial charge is 0.348 e. The molecule has 2 aliphatic heterocycles. The molecule has 0 atom stereocenters. The molecule has 0 unspecified atom stereocenters. The molecule has 5 rings (SSSR count). The second kappa shape index (κ2) is 3.84. The van der Waals surface area contributed by atoms with Gasteiger partial charge in [-0.2, -0.15) is 0 Å². The molecule has 1 nitrogen and oxygen atoms in total. The Balaban J connectivity index is 1.90. The molecule has 0 aromatic heterocycles. The van der Waals surface area contributed by atoms with E-state index in [0.29, 0.717) is 0 Å². The summed E-state index contributed by atoms with van der Waals surface area (Å²) in [5.74, 6) is 0. The van der Waals surface area contributed by atoms with Gasteiger partial charge in [-0.3, -0.25) is 0 Å². The normalized spacial score (nSPS) is 24.7. The Morgan fingerprint density at radius 2 is 1.14 bits per heavy atom.